The average molecular weight is 233 g/mol. The molecule has 1 aliphatic rings. The molecule has 0 fully saturated rings. The summed E-state index contributed by atoms with van der Waals surface area (Å²) in [6, 6.07) is 6.70. The molecule has 0 spiro atoms. The van der Waals surface area contributed by atoms with E-state index in [-0.39, 0.29) is 6.42 Å². The lowest BCUT2D eigenvalue weighted by Gasteiger charge is -2.19. The molecule has 17 heavy (non-hydrogen) atoms. The first-order chi connectivity index (χ1) is 7.90. The molecule has 0 amide bonds. The van der Waals surface area contributed by atoms with Gasteiger partial charge in [0.05, 0.1) is 5.71 Å². The summed E-state index contributed by atoms with van der Waals surface area (Å²) in [5.41, 5.74) is 1.19. The van der Waals surface area contributed by atoms with E-state index in [2.05, 4.69) is 4.99 Å². The number of carboxylic acid groups (broad SMARTS) is 1. The molecular formula is C13H15NO3. The van der Waals surface area contributed by atoms with E-state index < -0.39 is 17.6 Å². The van der Waals surface area contributed by atoms with Crippen LogP contribution in [-0.2, 0) is 4.79 Å². The molecule has 0 bridgehead atoms. The molecule has 2 rings (SSSR count). The van der Waals surface area contributed by atoms with E-state index in [0.717, 1.165) is 11.1 Å². The Morgan fingerprint density at radius 2 is 2.00 bits per heavy atom. The molecule has 4 nitrogen and oxygen atoms in total. The van der Waals surface area contributed by atoms with Crippen molar-refractivity contribution in [2.75, 3.05) is 0 Å². The van der Waals surface area contributed by atoms with Gasteiger partial charge >= 0.3 is 5.97 Å². The molecule has 4 heteroatoms. The topological polar surface area (TPSA) is 69.9 Å². The second-order valence-corrected chi connectivity index (χ2v) is 4.68. The number of nitrogens with zero attached hydrogens (tertiary/aromatic N) is 1. The molecule has 1 aromatic carbocycles. The lowest BCUT2D eigenvalue weighted by Crippen LogP contribution is -2.33. The number of aryl methyl sites for hydroxylation is 1. The number of carboxylic acids is 1. The van der Waals surface area contributed by atoms with Crippen LogP contribution in [0.1, 0.15) is 24.5 Å². The number of benzene rings is 1. The van der Waals surface area contributed by atoms with Crippen molar-refractivity contribution in [3.63, 3.8) is 0 Å². The zero-order valence-corrected chi connectivity index (χ0v) is 9.84. The summed E-state index contributed by atoms with van der Waals surface area (Å²) in [6.07, 6.45) is 0.130. The second-order valence-electron chi connectivity index (χ2n) is 4.68. The standard InChI is InChI=1S/C13H15NO3/c1-8-3-5-9(6-4-8)11-13(2,17)7-10(14-11)12(15)16/h3-6,10,17H,7H2,1-2H3,(H,15,16)/t10-,13+/m0/s1. The Bertz CT molecular complexity index is 474. The molecule has 0 saturated heterocycles. The maximum Gasteiger partial charge on any atom is 0.328 e. The molecule has 0 aromatic heterocycles. The molecule has 1 heterocycles. The SMILES string of the molecule is Cc1ccc(C2=N[C@H](C(=O)O)C[C@@]2(C)O)cc1. The summed E-state index contributed by atoms with van der Waals surface area (Å²) < 4.78 is 0. The summed E-state index contributed by atoms with van der Waals surface area (Å²) >= 11 is 0. The molecule has 0 radical (unpaired) electrons. The fourth-order valence-electron chi connectivity index (χ4n) is 2.05. The molecule has 0 unspecified atom stereocenters. The Labute approximate surface area is 99.6 Å². The van der Waals surface area contributed by atoms with Gasteiger partial charge < -0.3 is 10.2 Å². The van der Waals surface area contributed by atoms with Crippen molar-refractivity contribution < 1.29 is 15.0 Å². The fourth-order valence-corrected chi connectivity index (χ4v) is 2.05. The Hall–Kier alpha value is -1.68. The lowest BCUT2D eigenvalue weighted by molar-refractivity contribution is -0.139. The monoisotopic (exact) mass is 233 g/mol. The number of hydrogen-bond donors (Lipinski definition) is 2. The van der Waals surface area contributed by atoms with Crippen molar-refractivity contribution in [2.24, 2.45) is 4.99 Å². The van der Waals surface area contributed by atoms with E-state index in [1.807, 2.05) is 31.2 Å². The number of carbonyl (C=O) groups is 1. The Morgan fingerprint density at radius 3 is 2.47 bits per heavy atom. The third-order valence-corrected chi connectivity index (χ3v) is 3.00. The first-order valence-electron chi connectivity index (χ1n) is 5.50. The number of aliphatic carboxylic acids is 1. The van der Waals surface area contributed by atoms with Crippen molar-refractivity contribution in [3.8, 4) is 0 Å². The van der Waals surface area contributed by atoms with E-state index >= 15 is 0 Å². The molecule has 0 aliphatic carbocycles. The van der Waals surface area contributed by atoms with Crippen LogP contribution in [0.15, 0.2) is 29.3 Å². The van der Waals surface area contributed by atoms with Gasteiger partial charge in [-0.05, 0) is 19.4 Å². The molecule has 2 N–H and O–H groups in total. The molecular weight excluding hydrogens is 218 g/mol. The van der Waals surface area contributed by atoms with Crippen LogP contribution in [0.5, 0.6) is 0 Å². The van der Waals surface area contributed by atoms with Crippen LogP contribution in [0.3, 0.4) is 0 Å². The van der Waals surface area contributed by atoms with Crippen molar-refractivity contribution >= 4 is 11.7 Å². The third-order valence-electron chi connectivity index (χ3n) is 3.00. The highest BCUT2D eigenvalue weighted by Gasteiger charge is 2.40. The number of rotatable bonds is 2. The molecule has 2 atom stereocenters. The van der Waals surface area contributed by atoms with Crippen molar-refractivity contribution in [1.82, 2.24) is 0 Å². The van der Waals surface area contributed by atoms with Gasteiger partial charge in [-0.2, -0.15) is 0 Å². The number of aliphatic imine (C=N–C) groups is 1. The molecule has 90 valence electrons. The number of aliphatic hydroxyl groups is 1. The summed E-state index contributed by atoms with van der Waals surface area (Å²) in [5.74, 6) is -0.993. The van der Waals surface area contributed by atoms with Gasteiger partial charge in [-0.25, -0.2) is 4.79 Å². The smallest absolute Gasteiger partial charge is 0.328 e. The highest BCUT2D eigenvalue weighted by atomic mass is 16.4. The van der Waals surface area contributed by atoms with Crippen LogP contribution in [0.2, 0.25) is 0 Å². The van der Waals surface area contributed by atoms with Crippen molar-refractivity contribution in [3.05, 3.63) is 35.4 Å². The predicted molar refractivity (Wildman–Crippen MR) is 64.4 cm³/mol. The Balaban J connectivity index is 2.39. The first kappa shape index (κ1) is 11.8. The van der Waals surface area contributed by atoms with Crippen LogP contribution in [0.4, 0.5) is 0 Å². The van der Waals surface area contributed by atoms with Crippen LogP contribution in [-0.4, -0.2) is 33.5 Å². The summed E-state index contributed by atoms with van der Waals surface area (Å²) in [5, 5.41) is 19.1. The summed E-state index contributed by atoms with van der Waals surface area (Å²) in [6.45, 7) is 3.58. The minimum Gasteiger partial charge on any atom is -0.480 e. The quantitative estimate of drug-likeness (QED) is 0.811. The molecule has 0 saturated carbocycles. The van der Waals surface area contributed by atoms with Crippen LogP contribution in [0.25, 0.3) is 0 Å². The van der Waals surface area contributed by atoms with Crippen molar-refractivity contribution in [1.29, 1.82) is 0 Å². The predicted octanol–water partition coefficient (Wildman–Crippen LogP) is 1.39. The largest absolute Gasteiger partial charge is 0.480 e. The zero-order chi connectivity index (χ0) is 12.6. The van der Waals surface area contributed by atoms with Crippen molar-refractivity contribution in [2.45, 2.75) is 31.9 Å². The highest BCUT2D eigenvalue weighted by molar-refractivity contribution is 6.09. The normalized spacial score (nSPS) is 27.9. The summed E-state index contributed by atoms with van der Waals surface area (Å²) in [4.78, 5) is 15.0. The van der Waals surface area contributed by atoms with Gasteiger partial charge in [0.1, 0.15) is 5.60 Å². The highest BCUT2D eigenvalue weighted by Crippen LogP contribution is 2.28. The van der Waals surface area contributed by atoms with Gasteiger partial charge in [-0.1, -0.05) is 29.8 Å². The fraction of sp³-hybridized carbons (Fsp3) is 0.385. The van der Waals surface area contributed by atoms with Gasteiger partial charge in [0.2, 0.25) is 0 Å². The Morgan fingerprint density at radius 1 is 1.41 bits per heavy atom. The lowest BCUT2D eigenvalue weighted by atomic mass is 9.91. The maximum absolute atomic E-state index is 10.9. The van der Waals surface area contributed by atoms with E-state index in [0.29, 0.717) is 5.71 Å². The first-order valence-corrected chi connectivity index (χ1v) is 5.50. The molecule has 1 aliphatic heterocycles. The van der Waals surface area contributed by atoms with Crippen LogP contribution < -0.4 is 0 Å². The van der Waals surface area contributed by atoms with Crippen LogP contribution in [0, 0.1) is 6.92 Å². The Kier molecular flexibility index (Phi) is 2.75. The summed E-state index contributed by atoms with van der Waals surface area (Å²) in [7, 11) is 0. The average Bonchev–Trinajstić information content (AvgIpc) is 2.56. The minimum absolute atomic E-state index is 0.130. The van der Waals surface area contributed by atoms with E-state index in [1.54, 1.807) is 6.92 Å². The van der Waals surface area contributed by atoms with Gasteiger partial charge in [0, 0.05) is 6.42 Å². The van der Waals surface area contributed by atoms with Gasteiger partial charge in [-0.3, -0.25) is 4.99 Å². The van der Waals surface area contributed by atoms with Gasteiger partial charge in [0.25, 0.3) is 0 Å². The third kappa shape index (κ3) is 2.22. The number of hydrogen-bond acceptors (Lipinski definition) is 3. The minimum atomic E-state index is -1.17. The zero-order valence-electron chi connectivity index (χ0n) is 9.84. The van der Waals surface area contributed by atoms with E-state index in [4.69, 9.17) is 5.11 Å². The van der Waals surface area contributed by atoms with E-state index in [9.17, 15) is 9.90 Å². The second kappa shape index (κ2) is 3.96. The van der Waals surface area contributed by atoms with Crippen LogP contribution >= 0.6 is 0 Å². The van der Waals surface area contributed by atoms with Gasteiger partial charge in [-0.15, -0.1) is 0 Å². The molecule has 1 aromatic rings. The maximum atomic E-state index is 10.9. The van der Waals surface area contributed by atoms with E-state index in [1.165, 1.54) is 0 Å². The van der Waals surface area contributed by atoms with Gasteiger partial charge in [0.15, 0.2) is 6.04 Å².